The van der Waals surface area contributed by atoms with Crippen molar-refractivity contribution in [3.05, 3.63) is 47.7 Å². The van der Waals surface area contributed by atoms with Crippen LogP contribution >= 0.6 is 0 Å². The highest BCUT2D eigenvalue weighted by atomic mass is 32.2. The molecule has 2 aromatic heterocycles. The molecule has 0 saturated carbocycles. The predicted molar refractivity (Wildman–Crippen MR) is 144 cm³/mol. The van der Waals surface area contributed by atoms with Gasteiger partial charge in [0.2, 0.25) is 0 Å². The number of benzene rings is 1. The zero-order chi connectivity index (χ0) is 30.2. The highest BCUT2D eigenvalue weighted by Crippen LogP contribution is 2.34. The van der Waals surface area contributed by atoms with Gasteiger partial charge in [0.1, 0.15) is 30.0 Å². The lowest BCUT2D eigenvalue weighted by molar-refractivity contribution is -0.212. The average Bonchev–Trinajstić information content (AvgIpc) is 3.62. The van der Waals surface area contributed by atoms with Crippen molar-refractivity contribution in [1.29, 1.82) is 0 Å². The molecule has 3 aromatic rings. The van der Waals surface area contributed by atoms with Crippen LogP contribution in [0.1, 0.15) is 44.5 Å². The van der Waals surface area contributed by atoms with Crippen LogP contribution in [0.5, 0.6) is 0 Å². The molecule has 0 radical (unpaired) electrons. The Labute approximate surface area is 241 Å². The average molecular weight is 614 g/mol. The van der Waals surface area contributed by atoms with Gasteiger partial charge in [0, 0.05) is 46.5 Å². The number of aromatic nitrogens is 6. The molecule has 0 spiro atoms. The third-order valence-electron chi connectivity index (χ3n) is 7.62. The summed E-state index contributed by atoms with van der Waals surface area (Å²) in [6, 6.07) is 0.733. The van der Waals surface area contributed by atoms with E-state index in [1.54, 1.807) is 10.9 Å². The Morgan fingerprint density at radius 3 is 2.38 bits per heavy atom. The normalized spacial score (nSPS) is 30.1. The monoisotopic (exact) mass is 613 g/mol. The van der Waals surface area contributed by atoms with Gasteiger partial charge in [-0.15, -0.1) is 10.2 Å². The molecule has 0 amide bonds. The van der Waals surface area contributed by atoms with E-state index in [4.69, 9.17) is 9.47 Å². The molecule has 2 aliphatic heterocycles. The fourth-order valence-electron chi connectivity index (χ4n) is 5.62. The number of rotatable bonds is 8. The van der Waals surface area contributed by atoms with Crippen molar-refractivity contribution in [2.75, 3.05) is 25.2 Å². The van der Waals surface area contributed by atoms with Crippen molar-refractivity contribution >= 4 is 9.73 Å². The first-order valence-corrected chi connectivity index (χ1v) is 15.5. The molecule has 0 aliphatic carbocycles. The molecule has 0 unspecified atom stereocenters. The number of ether oxygens (including phenoxy) is 2. The summed E-state index contributed by atoms with van der Waals surface area (Å²) in [5, 5.41) is 37.6. The van der Waals surface area contributed by atoms with Crippen LogP contribution in [-0.4, -0.2) is 100 Å². The molecule has 230 valence electrons. The molecule has 5 rings (SSSR count). The topological polar surface area (TPSA) is 150 Å². The maximum atomic E-state index is 13.8. The maximum Gasteiger partial charge on any atom is 0.194 e. The van der Waals surface area contributed by atoms with E-state index in [2.05, 4.69) is 25.0 Å². The minimum atomic E-state index is -2.21. The smallest absolute Gasteiger partial charge is 0.194 e. The van der Waals surface area contributed by atoms with E-state index >= 15 is 0 Å². The van der Waals surface area contributed by atoms with Crippen LogP contribution in [0.15, 0.2) is 28.9 Å². The fourth-order valence-corrected chi connectivity index (χ4v) is 8.08. The van der Waals surface area contributed by atoms with E-state index in [1.807, 2.05) is 13.8 Å². The van der Waals surface area contributed by atoms with E-state index in [-0.39, 0.29) is 29.8 Å². The first-order valence-electron chi connectivity index (χ1n) is 13.7. The Hall–Kier alpha value is -2.92. The summed E-state index contributed by atoms with van der Waals surface area (Å²) in [5.41, 5.74) is 0.582. The molecule has 5 atom stereocenters. The minimum absolute atomic E-state index is 0.0133. The fraction of sp³-hybridized carbons (Fsp3) is 0.615. The molecule has 1 aromatic carbocycles. The van der Waals surface area contributed by atoms with Gasteiger partial charge >= 0.3 is 0 Å². The quantitative estimate of drug-likeness (QED) is 0.364. The van der Waals surface area contributed by atoms with Gasteiger partial charge in [-0.05, 0) is 38.8 Å². The number of nitrogens with zero attached hydrogens (tertiary/aromatic N) is 7. The van der Waals surface area contributed by atoms with Gasteiger partial charge in [-0.2, -0.15) is 0 Å². The molecule has 12 nitrogen and oxygen atoms in total. The van der Waals surface area contributed by atoms with Gasteiger partial charge in [0.15, 0.2) is 17.5 Å². The summed E-state index contributed by atoms with van der Waals surface area (Å²) >= 11 is 0. The van der Waals surface area contributed by atoms with Crippen LogP contribution < -0.4 is 0 Å². The largest absolute Gasteiger partial charge is 0.394 e. The van der Waals surface area contributed by atoms with Crippen molar-refractivity contribution in [2.24, 2.45) is 4.36 Å². The van der Waals surface area contributed by atoms with Gasteiger partial charge in [0.25, 0.3) is 0 Å². The van der Waals surface area contributed by atoms with E-state index in [0.717, 1.165) is 12.1 Å². The van der Waals surface area contributed by atoms with E-state index in [9.17, 15) is 27.6 Å². The molecule has 0 bridgehead atoms. The predicted octanol–water partition coefficient (Wildman–Crippen LogP) is 2.08. The third kappa shape index (κ3) is 6.22. The molecule has 2 fully saturated rings. The number of halogens is 3. The van der Waals surface area contributed by atoms with Gasteiger partial charge < -0.3 is 19.7 Å². The minimum Gasteiger partial charge on any atom is -0.394 e. The summed E-state index contributed by atoms with van der Waals surface area (Å²) < 4.78 is 73.2. The second-order valence-electron chi connectivity index (χ2n) is 10.9. The summed E-state index contributed by atoms with van der Waals surface area (Å²) in [4.78, 5) is 0. The van der Waals surface area contributed by atoms with Crippen molar-refractivity contribution in [2.45, 2.75) is 75.7 Å². The van der Waals surface area contributed by atoms with Crippen LogP contribution in [0, 0.1) is 17.5 Å². The van der Waals surface area contributed by atoms with Crippen molar-refractivity contribution in [3.63, 3.8) is 0 Å². The van der Waals surface area contributed by atoms with Crippen LogP contribution in [0.4, 0.5) is 13.2 Å². The molecular formula is C26H34F3N7O5S. The zero-order valence-electron chi connectivity index (χ0n) is 23.4. The zero-order valence-corrected chi connectivity index (χ0v) is 24.2. The van der Waals surface area contributed by atoms with E-state index in [1.165, 1.54) is 18.0 Å². The summed E-state index contributed by atoms with van der Waals surface area (Å²) in [7, 11) is -0.782. The number of methoxy groups -OCH3 is 1. The highest BCUT2D eigenvalue weighted by Gasteiger charge is 2.47. The van der Waals surface area contributed by atoms with E-state index in [0.29, 0.717) is 30.0 Å². The summed E-state index contributed by atoms with van der Waals surface area (Å²) in [6.07, 6.45) is 0.905. The Bertz CT molecular complexity index is 1490. The number of aliphatic hydroxyl groups excluding tert-OH is 2. The molecular weight excluding hydrogens is 579 g/mol. The van der Waals surface area contributed by atoms with Gasteiger partial charge in [-0.1, -0.05) is 10.4 Å². The SMILES string of the molecule is CO[C@@H]1[C@@H](n2cc(-c3cc(F)c(F)c(F)c3)nn2)[C@@H](O)[C@@H](CO)O[C@@H]1Cc1cn(C2CCS(=O)(=NC(C)C)CC2)nn1. The Morgan fingerprint density at radius 1 is 1.10 bits per heavy atom. The van der Waals surface area contributed by atoms with Gasteiger partial charge in [-0.3, -0.25) is 0 Å². The van der Waals surface area contributed by atoms with Crippen molar-refractivity contribution < 1.29 is 37.1 Å². The molecule has 16 heteroatoms. The molecule has 2 N–H and O–H groups in total. The van der Waals surface area contributed by atoms with Gasteiger partial charge in [-0.25, -0.2) is 31.1 Å². The van der Waals surface area contributed by atoms with Crippen LogP contribution in [0.3, 0.4) is 0 Å². The lowest BCUT2D eigenvalue weighted by Crippen LogP contribution is -2.57. The second kappa shape index (κ2) is 12.4. The number of hydrogen-bond donors (Lipinski definition) is 2. The van der Waals surface area contributed by atoms with Crippen molar-refractivity contribution in [3.8, 4) is 11.3 Å². The van der Waals surface area contributed by atoms with E-state index < -0.39 is 64.2 Å². The number of aliphatic hydroxyl groups is 2. The lowest BCUT2D eigenvalue weighted by atomic mass is 9.90. The van der Waals surface area contributed by atoms with Gasteiger partial charge in [0.05, 0.1) is 36.7 Å². The molecule has 2 aliphatic rings. The lowest BCUT2D eigenvalue weighted by Gasteiger charge is -2.43. The maximum absolute atomic E-state index is 13.8. The van der Waals surface area contributed by atoms with Crippen LogP contribution in [0.2, 0.25) is 0 Å². The Morgan fingerprint density at radius 2 is 1.76 bits per heavy atom. The summed E-state index contributed by atoms with van der Waals surface area (Å²) in [6.45, 7) is 3.34. The number of hydrogen-bond acceptors (Lipinski definition) is 10. The Balaban J connectivity index is 1.35. The first kappa shape index (κ1) is 30.5. The third-order valence-corrected chi connectivity index (χ3v) is 10.2. The standard InChI is InChI=1S/C26H34F3N7O5S/c1-14(2)32-42(39)6-4-17(5-7-42)35-11-16(30-33-35)10-21-26(40-3)24(25(38)22(13-37)41-21)36-12-20(31-34-36)15-8-18(27)23(29)19(28)9-15/h8-9,11-12,14,17,21-22,24-26,37-38H,4-7,10,13H2,1-3H3/t17?,21-,22-,24+,25+,26+,42?/m1/s1. The second-order valence-corrected chi connectivity index (χ2v) is 13.5. The Kier molecular flexibility index (Phi) is 8.99. The van der Waals surface area contributed by atoms with Crippen molar-refractivity contribution in [1.82, 2.24) is 30.0 Å². The first-order chi connectivity index (χ1) is 20.0. The molecule has 42 heavy (non-hydrogen) atoms. The highest BCUT2D eigenvalue weighted by molar-refractivity contribution is 7.93. The molecule has 2 saturated heterocycles. The van der Waals surface area contributed by atoms with Crippen LogP contribution in [0.25, 0.3) is 11.3 Å². The molecule has 4 heterocycles. The summed E-state index contributed by atoms with van der Waals surface area (Å²) in [5.74, 6) is -3.35. The van der Waals surface area contributed by atoms with Crippen LogP contribution in [-0.2, 0) is 25.6 Å².